The zero-order chi connectivity index (χ0) is 14.8. The third kappa shape index (κ3) is 3.01. The molecule has 1 fully saturated rings. The van der Waals surface area contributed by atoms with E-state index in [1.165, 1.54) is 0 Å². The molecule has 2 aromatic rings. The molecule has 4 nitrogen and oxygen atoms in total. The molecule has 0 unspecified atom stereocenters. The molecule has 2 heterocycles. The largest absolute Gasteiger partial charge is 0.370 e. The molecule has 1 aliphatic rings. The Kier molecular flexibility index (Phi) is 4.08. The number of hydrogen-bond acceptors (Lipinski definition) is 4. The maximum Gasteiger partial charge on any atom is 0.135 e. The van der Waals surface area contributed by atoms with Crippen molar-refractivity contribution in [2.45, 2.75) is 20.0 Å². The summed E-state index contributed by atoms with van der Waals surface area (Å²) in [5.74, 6) is 1.00. The van der Waals surface area contributed by atoms with Crippen molar-refractivity contribution in [1.82, 2.24) is 9.97 Å². The van der Waals surface area contributed by atoms with E-state index in [0.29, 0.717) is 6.61 Å². The quantitative estimate of drug-likeness (QED) is 0.853. The van der Waals surface area contributed by atoms with Crippen LogP contribution in [0, 0.1) is 13.8 Å². The van der Waals surface area contributed by atoms with Crippen LogP contribution in [0.15, 0.2) is 30.6 Å². The van der Waals surface area contributed by atoms with Crippen molar-refractivity contribution in [2.24, 2.45) is 0 Å². The Hall–Kier alpha value is -1.65. The molecule has 0 amide bonds. The van der Waals surface area contributed by atoms with Crippen LogP contribution in [0.5, 0.6) is 0 Å². The first-order valence-corrected chi connectivity index (χ1v) is 7.43. The van der Waals surface area contributed by atoms with Crippen molar-refractivity contribution in [2.75, 3.05) is 24.6 Å². The summed E-state index contributed by atoms with van der Waals surface area (Å²) in [5, 5.41) is 0.744. The third-order valence-corrected chi connectivity index (χ3v) is 4.17. The molecule has 1 atom stereocenters. The lowest BCUT2D eigenvalue weighted by molar-refractivity contribution is 0.0395. The van der Waals surface area contributed by atoms with Gasteiger partial charge < -0.3 is 9.64 Å². The number of aryl methyl sites for hydroxylation is 1. The second-order valence-corrected chi connectivity index (χ2v) is 5.70. The fraction of sp³-hybridized carbons (Fsp3) is 0.375. The zero-order valence-corrected chi connectivity index (χ0v) is 13.0. The van der Waals surface area contributed by atoms with Crippen LogP contribution in [-0.2, 0) is 4.74 Å². The first-order valence-electron chi connectivity index (χ1n) is 7.05. The molecule has 0 spiro atoms. The van der Waals surface area contributed by atoms with Crippen LogP contribution in [0.25, 0.3) is 0 Å². The van der Waals surface area contributed by atoms with Gasteiger partial charge in [0.15, 0.2) is 0 Å². The van der Waals surface area contributed by atoms with Gasteiger partial charge in [-0.15, -0.1) is 0 Å². The van der Waals surface area contributed by atoms with Gasteiger partial charge in [-0.1, -0.05) is 23.7 Å². The van der Waals surface area contributed by atoms with E-state index in [-0.39, 0.29) is 6.10 Å². The predicted molar refractivity (Wildman–Crippen MR) is 83.9 cm³/mol. The van der Waals surface area contributed by atoms with Gasteiger partial charge in [0, 0.05) is 29.4 Å². The van der Waals surface area contributed by atoms with E-state index in [1.807, 2.05) is 31.2 Å². The van der Waals surface area contributed by atoms with E-state index >= 15 is 0 Å². The van der Waals surface area contributed by atoms with Crippen LogP contribution in [0.1, 0.15) is 22.9 Å². The van der Waals surface area contributed by atoms with Gasteiger partial charge in [-0.3, -0.25) is 0 Å². The molecule has 1 aromatic heterocycles. The van der Waals surface area contributed by atoms with Crippen molar-refractivity contribution < 1.29 is 4.74 Å². The molecule has 1 saturated heterocycles. The maximum absolute atomic E-state index is 5.95. The van der Waals surface area contributed by atoms with Gasteiger partial charge in [0.05, 0.1) is 6.61 Å². The Morgan fingerprint density at radius 2 is 1.95 bits per heavy atom. The second kappa shape index (κ2) is 6.00. The summed E-state index contributed by atoms with van der Waals surface area (Å²) in [6.07, 6.45) is 1.68. The molecule has 0 bridgehead atoms. The summed E-state index contributed by atoms with van der Waals surface area (Å²) in [6, 6.07) is 7.85. The molecular formula is C16H18ClN3O. The maximum atomic E-state index is 5.95. The lowest BCUT2D eigenvalue weighted by Gasteiger charge is -2.34. The number of ether oxygens (including phenoxy) is 1. The van der Waals surface area contributed by atoms with Crippen LogP contribution in [0.2, 0.25) is 5.02 Å². The molecule has 110 valence electrons. The fourth-order valence-electron chi connectivity index (χ4n) is 2.57. The Balaban J connectivity index is 1.82. The standard InChI is InChI=1S/C16H18ClN3O/c1-11-12(2)18-10-19-16(11)20-7-8-21-15(9-20)13-3-5-14(17)6-4-13/h3-6,10,15H,7-9H2,1-2H3/t15-/m1/s1. The molecule has 0 radical (unpaired) electrons. The number of benzene rings is 1. The lowest BCUT2D eigenvalue weighted by atomic mass is 10.1. The molecule has 0 aliphatic carbocycles. The monoisotopic (exact) mass is 303 g/mol. The molecular weight excluding hydrogens is 286 g/mol. The Labute approximate surface area is 129 Å². The minimum absolute atomic E-state index is 0.0469. The Morgan fingerprint density at radius 3 is 2.71 bits per heavy atom. The highest BCUT2D eigenvalue weighted by Crippen LogP contribution is 2.27. The smallest absolute Gasteiger partial charge is 0.135 e. The van der Waals surface area contributed by atoms with E-state index < -0.39 is 0 Å². The van der Waals surface area contributed by atoms with Gasteiger partial charge in [0.1, 0.15) is 18.2 Å². The SMILES string of the molecule is Cc1ncnc(N2CCO[C@@H](c3ccc(Cl)cc3)C2)c1C. The van der Waals surface area contributed by atoms with Crippen LogP contribution in [-0.4, -0.2) is 29.7 Å². The summed E-state index contributed by atoms with van der Waals surface area (Å²) >= 11 is 5.95. The predicted octanol–water partition coefficient (Wildman–Crippen LogP) is 3.32. The van der Waals surface area contributed by atoms with Crippen molar-refractivity contribution in [3.63, 3.8) is 0 Å². The first-order chi connectivity index (χ1) is 10.1. The van der Waals surface area contributed by atoms with Crippen LogP contribution < -0.4 is 4.90 Å². The van der Waals surface area contributed by atoms with Gasteiger partial charge >= 0.3 is 0 Å². The summed E-state index contributed by atoms with van der Waals surface area (Å²) in [6.45, 7) is 6.41. The van der Waals surface area contributed by atoms with Gasteiger partial charge in [-0.05, 0) is 31.5 Å². The van der Waals surface area contributed by atoms with E-state index in [9.17, 15) is 0 Å². The fourth-order valence-corrected chi connectivity index (χ4v) is 2.69. The van der Waals surface area contributed by atoms with E-state index in [4.69, 9.17) is 16.3 Å². The molecule has 21 heavy (non-hydrogen) atoms. The minimum atomic E-state index is 0.0469. The summed E-state index contributed by atoms with van der Waals surface area (Å²) < 4.78 is 5.90. The number of rotatable bonds is 2. The second-order valence-electron chi connectivity index (χ2n) is 5.26. The molecule has 0 saturated carbocycles. The molecule has 5 heteroatoms. The van der Waals surface area contributed by atoms with Crippen LogP contribution in [0.3, 0.4) is 0 Å². The topological polar surface area (TPSA) is 38.2 Å². The molecule has 3 rings (SSSR count). The zero-order valence-electron chi connectivity index (χ0n) is 12.2. The third-order valence-electron chi connectivity index (χ3n) is 3.92. The highest BCUT2D eigenvalue weighted by Gasteiger charge is 2.24. The average molecular weight is 304 g/mol. The number of hydrogen-bond donors (Lipinski definition) is 0. The number of nitrogens with zero attached hydrogens (tertiary/aromatic N) is 3. The van der Waals surface area contributed by atoms with Crippen LogP contribution in [0.4, 0.5) is 5.82 Å². The van der Waals surface area contributed by atoms with Crippen LogP contribution >= 0.6 is 11.6 Å². The normalized spacial score (nSPS) is 18.8. The van der Waals surface area contributed by atoms with E-state index in [0.717, 1.165) is 40.8 Å². The summed E-state index contributed by atoms with van der Waals surface area (Å²) in [4.78, 5) is 11.0. The van der Waals surface area contributed by atoms with Crippen molar-refractivity contribution in [3.8, 4) is 0 Å². The van der Waals surface area contributed by atoms with Crippen molar-refractivity contribution in [3.05, 3.63) is 52.4 Å². The van der Waals surface area contributed by atoms with E-state index in [2.05, 4.69) is 21.8 Å². The van der Waals surface area contributed by atoms with Gasteiger partial charge in [-0.25, -0.2) is 9.97 Å². The Morgan fingerprint density at radius 1 is 1.19 bits per heavy atom. The van der Waals surface area contributed by atoms with Crippen molar-refractivity contribution in [1.29, 1.82) is 0 Å². The van der Waals surface area contributed by atoms with Gasteiger partial charge in [0.2, 0.25) is 0 Å². The molecule has 1 aromatic carbocycles. The molecule has 0 N–H and O–H groups in total. The van der Waals surface area contributed by atoms with E-state index in [1.54, 1.807) is 6.33 Å². The number of anilines is 1. The van der Waals surface area contributed by atoms with Crippen molar-refractivity contribution >= 4 is 17.4 Å². The summed E-state index contributed by atoms with van der Waals surface area (Å²) in [7, 11) is 0. The van der Waals surface area contributed by atoms with Gasteiger partial charge in [0.25, 0.3) is 0 Å². The lowest BCUT2D eigenvalue weighted by Crippen LogP contribution is -2.39. The number of halogens is 1. The average Bonchev–Trinajstić information content (AvgIpc) is 2.51. The van der Waals surface area contributed by atoms with Gasteiger partial charge in [-0.2, -0.15) is 0 Å². The summed E-state index contributed by atoms with van der Waals surface area (Å²) in [5.41, 5.74) is 3.30. The minimum Gasteiger partial charge on any atom is -0.370 e. The Bertz CT molecular complexity index is 630. The highest BCUT2D eigenvalue weighted by atomic mass is 35.5. The molecule has 1 aliphatic heterocycles. The number of aromatic nitrogens is 2. The first kappa shape index (κ1) is 14.3. The highest BCUT2D eigenvalue weighted by molar-refractivity contribution is 6.30. The number of morpholine rings is 1.